The van der Waals surface area contributed by atoms with Gasteiger partial charge in [0, 0.05) is 11.9 Å². The lowest BCUT2D eigenvalue weighted by Gasteiger charge is -1.96. The molecule has 0 amide bonds. The van der Waals surface area contributed by atoms with Crippen LogP contribution in [0.25, 0.3) is 10.7 Å². The van der Waals surface area contributed by atoms with Crippen LogP contribution >= 0.6 is 11.3 Å². The highest BCUT2D eigenvalue weighted by Gasteiger charge is 2.08. The Labute approximate surface area is 87.4 Å². The van der Waals surface area contributed by atoms with E-state index in [1.807, 2.05) is 7.05 Å². The molecule has 0 N–H and O–H groups in total. The van der Waals surface area contributed by atoms with E-state index >= 15 is 0 Å². The van der Waals surface area contributed by atoms with E-state index in [9.17, 15) is 0 Å². The molecule has 2 rings (SSSR count). The van der Waals surface area contributed by atoms with Crippen molar-refractivity contribution in [3.63, 3.8) is 0 Å². The van der Waals surface area contributed by atoms with E-state index in [1.54, 1.807) is 22.3 Å². The number of rotatable bonds is 2. The van der Waals surface area contributed by atoms with Crippen molar-refractivity contribution < 1.29 is 0 Å². The highest BCUT2D eigenvalue weighted by atomic mass is 32.1. The molecule has 2 aromatic heterocycles. The zero-order valence-corrected chi connectivity index (χ0v) is 9.38. The monoisotopic (exact) mass is 207 g/mol. The average Bonchev–Trinajstić information content (AvgIpc) is 2.70. The van der Waals surface area contributed by atoms with Crippen molar-refractivity contribution in [3.05, 3.63) is 23.3 Å². The van der Waals surface area contributed by atoms with E-state index in [4.69, 9.17) is 0 Å². The number of aromatic nitrogens is 3. The molecule has 2 aromatic rings. The quantitative estimate of drug-likeness (QED) is 0.758. The van der Waals surface area contributed by atoms with Crippen molar-refractivity contribution >= 4 is 11.3 Å². The minimum atomic E-state index is 0.581. The molecule has 0 aliphatic carbocycles. The van der Waals surface area contributed by atoms with Crippen LogP contribution in [0.15, 0.2) is 18.5 Å². The summed E-state index contributed by atoms with van der Waals surface area (Å²) in [7, 11) is 1.88. The normalized spacial score (nSPS) is 11.1. The summed E-state index contributed by atoms with van der Waals surface area (Å²) in [4.78, 5) is 6.75. The van der Waals surface area contributed by atoms with Crippen molar-refractivity contribution in [1.29, 1.82) is 0 Å². The van der Waals surface area contributed by atoms with Gasteiger partial charge in [-0.25, -0.2) is 4.98 Å². The standard InChI is InChI=1S/C10H13N3S/c1-7(2)8-4-5-9(14-8)10-11-6-13(3)12-10/h4-7H,1-3H3. The summed E-state index contributed by atoms with van der Waals surface area (Å²) in [5, 5.41) is 4.27. The molecule has 0 unspecified atom stereocenters. The summed E-state index contributed by atoms with van der Waals surface area (Å²) in [5.74, 6) is 1.40. The summed E-state index contributed by atoms with van der Waals surface area (Å²) in [6.07, 6.45) is 1.73. The van der Waals surface area contributed by atoms with Gasteiger partial charge in [-0.2, -0.15) is 5.10 Å². The molecule has 0 saturated carbocycles. The van der Waals surface area contributed by atoms with Crippen LogP contribution < -0.4 is 0 Å². The molecule has 0 bridgehead atoms. The summed E-state index contributed by atoms with van der Waals surface area (Å²) < 4.78 is 1.73. The molecule has 4 heteroatoms. The third-order valence-electron chi connectivity index (χ3n) is 2.02. The van der Waals surface area contributed by atoms with Crippen LogP contribution in [-0.4, -0.2) is 14.8 Å². The molecular formula is C10H13N3S. The lowest BCUT2D eigenvalue weighted by molar-refractivity contribution is 0.768. The average molecular weight is 207 g/mol. The van der Waals surface area contributed by atoms with Crippen LogP contribution in [0.1, 0.15) is 24.6 Å². The Balaban J connectivity index is 2.33. The largest absolute Gasteiger partial charge is 0.255 e. The van der Waals surface area contributed by atoms with Gasteiger partial charge in [-0.1, -0.05) is 13.8 Å². The van der Waals surface area contributed by atoms with Gasteiger partial charge >= 0.3 is 0 Å². The van der Waals surface area contributed by atoms with Gasteiger partial charge < -0.3 is 0 Å². The summed E-state index contributed by atoms with van der Waals surface area (Å²) in [6.45, 7) is 4.39. The fraction of sp³-hybridized carbons (Fsp3) is 0.400. The first kappa shape index (κ1) is 9.40. The predicted molar refractivity (Wildman–Crippen MR) is 58.4 cm³/mol. The Morgan fingerprint density at radius 1 is 1.36 bits per heavy atom. The third kappa shape index (κ3) is 1.70. The number of nitrogens with zero attached hydrogens (tertiary/aromatic N) is 3. The van der Waals surface area contributed by atoms with Gasteiger partial charge in [0.1, 0.15) is 6.33 Å². The molecule has 3 nitrogen and oxygen atoms in total. The van der Waals surface area contributed by atoms with Crippen LogP contribution in [0.5, 0.6) is 0 Å². The van der Waals surface area contributed by atoms with E-state index in [0.29, 0.717) is 5.92 Å². The van der Waals surface area contributed by atoms with Crippen LogP contribution in [0.4, 0.5) is 0 Å². The molecule has 0 spiro atoms. The molecular weight excluding hydrogens is 194 g/mol. The van der Waals surface area contributed by atoms with Crippen LogP contribution in [0.2, 0.25) is 0 Å². The first-order chi connectivity index (χ1) is 6.66. The van der Waals surface area contributed by atoms with Crippen molar-refractivity contribution in [1.82, 2.24) is 14.8 Å². The summed E-state index contributed by atoms with van der Waals surface area (Å²) in [5.41, 5.74) is 0. The molecule has 2 heterocycles. The van der Waals surface area contributed by atoms with Gasteiger partial charge in [0.2, 0.25) is 0 Å². The van der Waals surface area contributed by atoms with E-state index < -0.39 is 0 Å². The zero-order valence-electron chi connectivity index (χ0n) is 8.56. The van der Waals surface area contributed by atoms with Gasteiger partial charge in [0.25, 0.3) is 0 Å². The van der Waals surface area contributed by atoms with Crippen molar-refractivity contribution in [2.45, 2.75) is 19.8 Å². The second kappa shape index (κ2) is 3.53. The van der Waals surface area contributed by atoms with Gasteiger partial charge in [-0.3, -0.25) is 4.68 Å². The summed E-state index contributed by atoms with van der Waals surface area (Å²) in [6, 6.07) is 4.25. The number of hydrogen-bond acceptors (Lipinski definition) is 3. The van der Waals surface area contributed by atoms with E-state index in [1.165, 1.54) is 4.88 Å². The Morgan fingerprint density at radius 2 is 2.14 bits per heavy atom. The molecule has 0 fully saturated rings. The SMILES string of the molecule is CC(C)c1ccc(-c2ncn(C)n2)s1. The van der Waals surface area contributed by atoms with E-state index in [-0.39, 0.29) is 0 Å². The maximum absolute atomic E-state index is 4.27. The first-order valence-electron chi connectivity index (χ1n) is 4.62. The van der Waals surface area contributed by atoms with Crippen LogP contribution in [0.3, 0.4) is 0 Å². The minimum absolute atomic E-state index is 0.581. The third-order valence-corrected chi connectivity index (χ3v) is 3.40. The number of hydrogen-bond donors (Lipinski definition) is 0. The van der Waals surface area contributed by atoms with Gasteiger partial charge in [0.15, 0.2) is 5.82 Å². The van der Waals surface area contributed by atoms with Gasteiger partial charge in [-0.15, -0.1) is 11.3 Å². The molecule has 0 saturated heterocycles. The first-order valence-corrected chi connectivity index (χ1v) is 5.44. The second-order valence-electron chi connectivity index (χ2n) is 3.60. The Kier molecular flexibility index (Phi) is 2.37. The van der Waals surface area contributed by atoms with Gasteiger partial charge in [0.05, 0.1) is 4.88 Å². The Morgan fingerprint density at radius 3 is 2.64 bits per heavy atom. The van der Waals surface area contributed by atoms with E-state index in [0.717, 1.165) is 10.7 Å². The lowest BCUT2D eigenvalue weighted by atomic mass is 10.2. The second-order valence-corrected chi connectivity index (χ2v) is 4.71. The summed E-state index contributed by atoms with van der Waals surface area (Å²) >= 11 is 1.77. The lowest BCUT2D eigenvalue weighted by Crippen LogP contribution is -1.86. The number of thiophene rings is 1. The van der Waals surface area contributed by atoms with E-state index in [2.05, 4.69) is 36.1 Å². The molecule has 0 aliphatic heterocycles. The molecule has 0 aromatic carbocycles. The molecule has 0 aliphatic rings. The van der Waals surface area contributed by atoms with Crippen LogP contribution in [0, 0.1) is 0 Å². The highest BCUT2D eigenvalue weighted by molar-refractivity contribution is 7.15. The fourth-order valence-corrected chi connectivity index (χ4v) is 2.18. The number of aryl methyl sites for hydroxylation is 1. The van der Waals surface area contributed by atoms with Crippen LogP contribution in [-0.2, 0) is 7.05 Å². The smallest absolute Gasteiger partial charge is 0.191 e. The Hall–Kier alpha value is -1.16. The molecule has 0 atom stereocenters. The predicted octanol–water partition coefficient (Wildman–Crippen LogP) is 2.67. The fourth-order valence-electron chi connectivity index (χ4n) is 1.24. The maximum atomic E-state index is 4.27. The molecule has 14 heavy (non-hydrogen) atoms. The van der Waals surface area contributed by atoms with Crippen molar-refractivity contribution in [2.24, 2.45) is 7.05 Å². The highest BCUT2D eigenvalue weighted by Crippen LogP contribution is 2.29. The Bertz CT molecular complexity index is 428. The van der Waals surface area contributed by atoms with Gasteiger partial charge in [-0.05, 0) is 18.1 Å². The molecule has 74 valence electrons. The van der Waals surface area contributed by atoms with Crippen molar-refractivity contribution in [2.75, 3.05) is 0 Å². The minimum Gasteiger partial charge on any atom is -0.255 e. The topological polar surface area (TPSA) is 30.7 Å². The zero-order chi connectivity index (χ0) is 10.1. The maximum Gasteiger partial charge on any atom is 0.191 e. The van der Waals surface area contributed by atoms with Crippen molar-refractivity contribution in [3.8, 4) is 10.7 Å². The molecule has 0 radical (unpaired) electrons.